The fourth-order valence-electron chi connectivity index (χ4n) is 1.66. The van der Waals surface area contributed by atoms with E-state index in [9.17, 15) is 13.8 Å². The highest BCUT2D eigenvalue weighted by atomic mass is 32.2. The highest BCUT2D eigenvalue weighted by Gasteiger charge is 2.20. The lowest BCUT2D eigenvalue weighted by atomic mass is 10.2. The van der Waals surface area contributed by atoms with Crippen molar-refractivity contribution in [2.45, 2.75) is 44.2 Å². The first-order valence-electron chi connectivity index (χ1n) is 7.39. The van der Waals surface area contributed by atoms with E-state index in [2.05, 4.69) is 10.6 Å². The van der Waals surface area contributed by atoms with Crippen LogP contribution in [-0.2, 0) is 20.3 Å². The Morgan fingerprint density at radius 1 is 1.22 bits per heavy atom. The zero-order chi connectivity index (χ0) is 17.5. The highest BCUT2D eigenvalue weighted by molar-refractivity contribution is 7.85. The molecule has 23 heavy (non-hydrogen) atoms. The van der Waals surface area contributed by atoms with Crippen LogP contribution in [0.4, 0.5) is 4.79 Å². The van der Waals surface area contributed by atoms with Crippen molar-refractivity contribution in [3.05, 3.63) is 30.3 Å². The van der Waals surface area contributed by atoms with Crippen molar-refractivity contribution in [1.29, 1.82) is 0 Å². The molecule has 0 aliphatic carbocycles. The number of hydrogen-bond donors (Lipinski definition) is 2. The van der Waals surface area contributed by atoms with Gasteiger partial charge < -0.3 is 15.4 Å². The van der Waals surface area contributed by atoms with E-state index in [1.807, 2.05) is 18.2 Å². The van der Waals surface area contributed by atoms with Crippen LogP contribution in [0.1, 0.15) is 27.7 Å². The minimum absolute atomic E-state index is 0.265. The smallest absolute Gasteiger partial charge is 0.408 e. The molecule has 7 heteroatoms. The summed E-state index contributed by atoms with van der Waals surface area (Å²) in [6.07, 6.45) is -0.645. The molecule has 0 saturated carbocycles. The Morgan fingerprint density at radius 2 is 1.83 bits per heavy atom. The Morgan fingerprint density at radius 3 is 2.39 bits per heavy atom. The molecule has 1 aromatic carbocycles. The van der Waals surface area contributed by atoms with E-state index < -0.39 is 28.5 Å². The van der Waals surface area contributed by atoms with Gasteiger partial charge in [-0.25, -0.2) is 4.79 Å². The summed E-state index contributed by atoms with van der Waals surface area (Å²) in [5, 5.41) is 5.11. The van der Waals surface area contributed by atoms with E-state index in [0.717, 1.165) is 4.90 Å². The number of benzene rings is 1. The molecule has 1 aromatic rings. The highest BCUT2D eigenvalue weighted by Crippen LogP contribution is 2.07. The van der Waals surface area contributed by atoms with E-state index in [0.29, 0.717) is 5.75 Å². The number of ether oxygens (including phenoxy) is 1. The molecule has 2 amide bonds. The summed E-state index contributed by atoms with van der Waals surface area (Å²) < 4.78 is 17.1. The molecule has 0 heterocycles. The largest absolute Gasteiger partial charge is 0.444 e. The van der Waals surface area contributed by atoms with Crippen LogP contribution in [0.3, 0.4) is 0 Å². The average molecular weight is 340 g/mol. The monoisotopic (exact) mass is 340 g/mol. The molecule has 0 spiro atoms. The molecular formula is C16H24N2O4S. The number of rotatable bonds is 6. The van der Waals surface area contributed by atoms with Gasteiger partial charge in [0.25, 0.3) is 0 Å². The summed E-state index contributed by atoms with van der Waals surface area (Å²) >= 11 is 0. The van der Waals surface area contributed by atoms with Gasteiger partial charge in [-0.15, -0.1) is 0 Å². The SMILES string of the molecule is C[C@@H](NC(=O)OC(C)(C)C)C(=O)NCC[S@@](=O)c1ccccc1. The second-order valence-electron chi connectivity index (χ2n) is 6.02. The molecule has 2 atom stereocenters. The van der Waals surface area contributed by atoms with Crippen LogP contribution in [0.25, 0.3) is 0 Å². The molecule has 0 radical (unpaired) electrons. The van der Waals surface area contributed by atoms with E-state index in [4.69, 9.17) is 4.74 Å². The molecule has 2 N–H and O–H groups in total. The number of carbonyl (C=O) groups excluding carboxylic acids is 2. The zero-order valence-electron chi connectivity index (χ0n) is 13.9. The summed E-state index contributed by atoms with van der Waals surface area (Å²) in [7, 11) is -1.16. The van der Waals surface area contributed by atoms with Crippen LogP contribution in [0.2, 0.25) is 0 Å². The van der Waals surface area contributed by atoms with E-state index in [1.54, 1.807) is 39.8 Å². The number of amides is 2. The first-order chi connectivity index (χ1) is 10.7. The first-order valence-corrected chi connectivity index (χ1v) is 8.71. The molecule has 0 aliphatic rings. The maximum atomic E-state index is 12.0. The number of carbonyl (C=O) groups is 2. The van der Waals surface area contributed by atoms with Gasteiger partial charge in [0.05, 0.1) is 10.8 Å². The van der Waals surface area contributed by atoms with Crippen LogP contribution in [0.15, 0.2) is 35.2 Å². The lowest BCUT2D eigenvalue weighted by molar-refractivity contribution is -0.122. The molecule has 0 aromatic heterocycles. The van der Waals surface area contributed by atoms with Crippen molar-refractivity contribution < 1.29 is 18.5 Å². The fourth-order valence-corrected chi connectivity index (χ4v) is 2.64. The summed E-state index contributed by atoms with van der Waals surface area (Å²) in [5.74, 6) is -0.0320. The molecule has 1 rings (SSSR count). The molecule has 6 nitrogen and oxygen atoms in total. The fraction of sp³-hybridized carbons (Fsp3) is 0.500. The Labute approximate surface area is 139 Å². The van der Waals surface area contributed by atoms with Crippen molar-refractivity contribution in [1.82, 2.24) is 10.6 Å². The first kappa shape index (κ1) is 19.2. The quantitative estimate of drug-likeness (QED) is 0.827. The maximum Gasteiger partial charge on any atom is 0.408 e. The normalized spacial score (nSPS) is 13.7. The number of alkyl carbamates (subject to hydrolysis) is 1. The summed E-state index contributed by atoms with van der Waals surface area (Å²) in [4.78, 5) is 24.2. The molecule has 128 valence electrons. The second-order valence-corrected chi connectivity index (χ2v) is 7.59. The van der Waals surface area contributed by atoms with Gasteiger partial charge in [-0.05, 0) is 39.8 Å². The van der Waals surface area contributed by atoms with Gasteiger partial charge in [0.15, 0.2) is 0 Å². The van der Waals surface area contributed by atoms with E-state index >= 15 is 0 Å². The third-order valence-corrected chi connectivity index (χ3v) is 4.09. The molecule has 0 fully saturated rings. The lowest BCUT2D eigenvalue weighted by Gasteiger charge is -2.21. The van der Waals surface area contributed by atoms with Crippen LogP contribution in [-0.4, -0.2) is 40.1 Å². The van der Waals surface area contributed by atoms with Crippen LogP contribution in [0, 0.1) is 0 Å². The molecule has 0 saturated heterocycles. The summed E-state index contributed by atoms with van der Waals surface area (Å²) in [6.45, 7) is 7.07. The van der Waals surface area contributed by atoms with Crippen molar-refractivity contribution in [3.63, 3.8) is 0 Å². The second kappa shape index (κ2) is 8.67. The van der Waals surface area contributed by atoms with Crippen molar-refractivity contribution in [2.24, 2.45) is 0 Å². The summed E-state index contributed by atoms with van der Waals surface area (Å²) in [5.41, 5.74) is -0.618. The minimum Gasteiger partial charge on any atom is -0.444 e. The minimum atomic E-state index is -1.16. The summed E-state index contributed by atoms with van der Waals surface area (Å²) in [6, 6.07) is 8.33. The van der Waals surface area contributed by atoms with Crippen molar-refractivity contribution >= 4 is 22.8 Å². The Balaban J connectivity index is 2.33. The Kier molecular flexibility index (Phi) is 7.22. The van der Waals surface area contributed by atoms with Gasteiger partial charge in [0, 0.05) is 17.2 Å². The topological polar surface area (TPSA) is 84.5 Å². The van der Waals surface area contributed by atoms with Gasteiger partial charge in [0.2, 0.25) is 5.91 Å². The zero-order valence-corrected chi connectivity index (χ0v) is 14.7. The van der Waals surface area contributed by atoms with Crippen LogP contribution in [0.5, 0.6) is 0 Å². The van der Waals surface area contributed by atoms with Gasteiger partial charge in [-0.1, -0.05) is 18.2 Å². The van der Waals surface area contributed by atoms with E-state index in [1.165, 1.54) is 0 Å². The standard InChI is InChI=1S/C16H24N2O4S/c1-12(18-15(20)22-16(2,3)4)14(19)17-10-11-23(21)13-8-6-5-7-9-13/h5-9,12H,10-11H2,1-4H3,(H,17,19)(H,18,20)/t12-,23-/m1/s1. The third kappa shape index (κ3) is 7.78. The molecule has 0 aliphatic heterocycles. The Bertz CT molecular complexity index is 555. The van der Waals surface area contributed by atoms with Gasteiger partial charge in [0.1, 0.15) is 11.6 Å². The molecule has 0 bridgehead atoms. The molecular weight excluding hydrogens is 316 g/mol. The average Bonchev–Trinajstić information content (AvgIpc) is 2.45. The predicted octanol–water partition coefficient (Wildman–Crippen LogP) is 1.82. The van der Waals surface area contributed by atoms with Gasteiger partial charge in [-0.2, -0.15) is 0 Å². The van der Waals surface area contributed by atoms with E-state index in [-0.39, 0.29) is 12.5 Å². The van der Waals surface area contributed by atoms with Crippen LogP contribution < -0.4 is 10.6 Å². The number of nitrogens with one attached hydrogen (secondary N) is 2. The van der Waals surface area contributed by atoms with Gasteiger partial charge in [-0.3, -0.25) is 9.00 Å². The van der Waals surface area contributed by atoms with Crippen LogP contribution >= 0.6 is 0 Å². The maximum absolute atomic E-state index is 12.0. The predicted molar refractivity (Wildman–Crippen MR) is 89.6 cm³/mol. The van der Waals surface area contributed by atoms with Crippen molar-refractivity contribution in [3.8, 4) is 0 Å². The third-order valence-electron chi connectivity index (χ3n) is 2.72. The van der Waals surface area contributed by atoms with Crippen molar-refractivity contribution in [2.75, 3.05) is 12.3 Å². The lowest BCUT2D eigenvalue weighted by Crippen LogP contribution is -2.47. The molecule has 0 unspecified atom stereocenters. The number of hydrogen-bond acceptors (Lipinski definition) is 4. The Hall–Kier alpha value is -1.89. The van der Waals surface area contributed by atoms with Gasteiger partial charge >= 0.3 is 6.09 Å².